The van der Waals surface area contributed by atoms with Crippen molar-refractivity contribution in [3.05, 3.63) is 51.8 Å². The Balaban J connectivity index is 1.69. The van der Waals surface area contributed by atoms with Crippen molar-refractivity contribution in [2.45, 2.75) is 30.8 Å². The summed E-state index contributed by atoms with van der Waals surface area (Å²) in [6.07, 6.45) is 0.877. The molecule has 0 amide bonds. The van der Waals surface area contributed by atoms with Gasteiger partial charge in [-0.25, -0.2) is 4.68 Å². The van der Waals surface area contributed by atoms with Crippen LogP contribution in [0.3, 0.4) is 0 Å². The fourth-order valence-electron chi connectivity index (χ4n) is 3.32. The molecule has 5 nitrogen and oxygen atoms in total. The highest BCUT2D eigenvalue weighted by atomic mass is 32.2. The van der Waals surface area contributed by atoms with Crippen LogP contribution in [-0.4, -0.2) is 19.9 Å². The molecule has 23 heavy (non-hydrogen) atoms. The highest BCUT2D eigenvalue weighted by Crippen LogP contribution is 2.52. The molecule has 116 valence electrons. The first-order valence-corrected chi connectivity index (χ1v) is 9.38. The first-order valence-electron chi connectivity index (χ1n) is 7.62. The molecule has 1 aromatic carbocycles. The van der Waals surface area contributed by atoms with Gasteiger partial charge in [-0.2, -0.15) is 0 Å². The number of hydrogen-bond acceptors (Lipinski definition) is 5. The second kappa shape index (κ2) is 4.82. The van der Waals surface area contributed by atoms with Gasteiger partial charge in [-0.3, -0.25) is 5.01 Å². The average molecular weight is 341 g/mol. The van der Waals surface area contributed by atoms with Gasteiger partial charge < -0.3 is 4.98 Å². The number of aromatic amines is 1. The van der Waals surface area contributed by atoms with Crippen molar-refractivity contribution in [3.63, 3.8) is 0 Å². The summed E-state index contributed by atoms with van der Waals surface area (Å²) in [4.78, 5) is 3.52. The van der Waals surface area contributed by atoms with Gasteiger partial charge in [0.2, 0.25) is 5.16 Å². The summed E-state index contributed by atoms with van der Waals surface area (Å²) in [7, 11) is 0. The first-order chi connectivity index (χ1) is 11.3. The predicted molar refractivity (Wildman–Crippen MR) is 94.9 cm³/mol. The highest BCUT2D eigenvalue weighted by Gasteiger charge is 2.40. The van der Waals surface area contributed by atoms with Crippen LogP contribution in [0.2, 0.25) is 0 Å². The molecule has 3 aromatic rings. The molecule has 7 heteroatoms. The highest BCUT2D eigenvalue weighted by molar-refractivity contribution is 8.07. The zero-order chi connectivity index (χ0) is 15.6. The molecule has 1 atom stereocenters. The lowest BCUT2D eigenvalue weighted by Gasteiger charge is -2.26. The van der Waals surface area contributed by atoms with Gasteiger partial charge in [0.05, 0.1) is 0 Å². The third kappa shape index (κ3) is 1.77. The predicted octanol–water partition coefficient (Wildman–Crippen LogP) is 3.92. The summed E-state index contributed by atoms with van der Waals surface area (Å²) >= 11 is 3.55. The maximum absolute atomic E-state index is 4.33. The Morgan fingerprint density at radius 1 is 1.26 bits per heavy atom. The topological polar surface area (TPSA) is 49.7 Å². The summed E-state index contributed by atoms with van der Waals surface area (Å²) in [5.74, 6) is 1.01. The Bertz CT molecular complexity index is 955. The molecule has 5 rings (SSSR count). The van der Waals surface area contributed by atoms with E-state index in [0.29, 0.717) is 0 Å². The molecule has 2 aliphatic heterocycles. The number of aryl methyl sites for hydroxylation is 2. The number of nitrogens with one attached hydrogen (secondary N) is 1. The average Bonchev–Trinajstić information content (AvgIpc) is 3.25. The summed E-state index contributed by atoms with van der Waals surface area (Å²) in [6, 6.07) is 8.52. The molecule has 1 unspecified atom stereocenters. The van der Waals surface area contributed by atoms with Crippen molar-refractivity contribution < 1.29 is 0 Å². The van der Waals surface area contributed by atoms with Crippen LogP contribution in [0.15, 0.2) is 39.9 Å². The minimum absolute atomic E-state index is 0.219. The van der Waals surface area contributed by atoms with Gasteiger partial charge in [0, 0.05) is 34.0 Å². The standard InChI is InChI=1S/C16H15N5S2/c1-3-12-18-19-16-20(12)21-13(23-16)8-22-15(21)14-9(2)17-11-7-5-4-6-10(11)14/h4-8,15,17H,3H2,1-2H3. The number of hydrogen-bond donors (Lipinski definition) is 1. The van der Waals surface area contributed by atoms with E-state index in [1.165, 1.54) is 27.2 Å². The van der Waals surface area contributed by atoms with E-state index in [4.69, 9.17) is 0 Å². The summed E-state index contributed by atoms with van der Waals surface area (Å²) in [6.45, 7) is 4.28. The third-order valence-electron chi connectivity index (χ3n) is 4.34. The van der Waals surface area contributed by atoms with Crippen molar-refractivity contribution in [3.8, 4) is 0 Å². The Labute approximate surface area is 142 Å². The van der Waals surface area contributed by atoms with E-state index in [2.05, 4.69) is 68.4 Å². The smallest absolute Gasteiger partial charge is 0.216 e. The van der Waals surface area contributed by atoms with Gasteiger partial charge in [0.15, 0.2) is 5.82 Å². The number of nitrogens with zero attached hydrogens (tertiary/aromatic N) is 4. The van der Waals surface area contributed by atoms with Gasteiger partial charge in [-0.1, -0.05) is 36.9 Å². The lowest BCUT2D eigenvalue weighted by Crippen LogP contribution is -2.30. The molecule has 0 aliphatic carbocycles. The van der Waals surface area contributed by atoms with E-state index in [1.807, 2.05) is 11.8 Å². The largest absolute Gasteiger partial charge is 0.358 e. The molecule has 0 bridgehead atoms. The molecule has 0 fully saturated rings. The van der Waals surface area contributed by atoms with Gasteiger partial charge in [-0.15, -0.1) is 10.2 Å². The van der Waals surface area contributed by atoms with Crippen LogP contribution >= 0.6 is 23.5 Å². The van der Waals surface area contributed by atoms with Crippen LogP contribution in [0.4, 0.5) is 0 Å². The monoisotopic (exact) mass is 341 g/mol. The number of rotatable bonds is 2. The van der Waals surface area contributed by atoms with E-state index in [9.17, 15) is 0 Å². The molecule has 0 saturated heterocycles. The maximum Gasteiger partial charge on any atom is 0.216 e. The molecule has 0 saturated carbocycles. The number of benzene rings is 1. The quantitative estimate of drug-likeness (QED) is 0.766. The van der Waals surface area contributed by atoms with Crippen LogP contribution in [-0.2, 0) is 6.42 Å². The van der Waals surface area contributed by atoms with Crippen LogP contribution in [0.1, 0.15) is 29.4 Å². The minimum atomic E-state index is 0.219. The normalized spacial score (nSPS) is 19.3. The molecule has 2 aromatic heterocycles. The summed E-state index contributed by atoms with van der Waals surface area (Å²) < 4.78 is 2.18. The third-order valence-corrected chi connectivity index (χ3v) is 6.49. The zero-order valence-corrected chi connectivity index (χ0v) is 14.4. The van der Waals surface area contributed by atoms with Gasteiger partial charge in [0.25, 0.3) is 0 Å². The minimum Gasteiger partial charge on any atom is -0.358 e. The molecule has 0 radical (unpaired) electrons. The number of fused-ring (bicyclic) bond motifs is 4. The van der Waals surface area contributed by atoms with Crippen LogP contribution in [0.5, 0.6) is 0 Å². The van der Waals surface area contributed by atoms with Crippen molar-refractivity contribution in [1.29, 1.82) is 0 Å². The maximum atomic E-state index is 4.33. The van der Waals surface area contributed by atoms with E-state index < -0.39 is 0 Å². The SMILES string of the molecule is CCc1nnc2n1N1C(=CSC1c1c(C)[nH]c3ccccc13)S2. The lowest BCUT2D eigenvalue weighted by atomic mass is 10.1. The molecular formula is C16H15N5S2. The lowest BCUT2D eigenvalue weighted by molar-refractivity contribution is 0.607. The molecule has 2 aliphatic rings. The van der Waals surface area contributed by atoms with Crippen LogP contribution in [0, 0.1) is 6.92 Å². The second-order valence-corrected chi connectivity index (χ2v) is 7.61. The molecule has 4 heterocycles. The van der Waals surface area contributed by atoms with E-state index in [0.717, 1.165) is 17.4 Å². The van der Waals surface area contributed by atoms with Gasteiger partial charge in [-0.05, 0) is 24.8 Å². The Morgan fingerprint density at radius 2 is 2.13 bits per heavy atom. The second-order valence-electron chi connectivity index (χ2n) is 5.66. The molecule has 1 N–H and O–H groups in total. The zero-order valence-electron chi connectivity index (χ0n) is 12.8. The molecule has 0 spiro atoms. The Kier molecular flexibility index (Phi) is 2.84. The Morgan fingerprint density at radius 3 is 3.00 bits per heavy atom. The molecular weight excluding hydrogens is 326 g/mol. The Hall–Kier alpha value is -1.86. The number of aromatic nitrogens is 4. The van der Waals surface area contributed by atoms with Crippen molar-refractivity contribution in [1.82, 2.24) is 19.9 Å². The van der Waals surface area contributed by atoms with E-state index >= 15 is 0 Å². The van der Waals surface area contributed by atoms with E-state index in [-0.39, 0.29) is 5.37 Å². The van der Waals surface area contributed by atoms with Crippen LogP contribution in [0.25, 0.3) is 10.9 Å². The van der Waals surface area contributed by atoms with Crippen molar-refractivity contribution >= 4 is 34.4 Å². The van der Waals surface area contributed by atoms with Crippen LogP contribution < -0.4 is 5.01 Å². The van der Waals surface area contributed by atoms with Gasteiger partial charge in [0.1, 0.15) is 10.4 Å². The van der Waals surface area contributed by atoms with E-state index in [1.54, 1.807) is 11.8 Å². The fraction of sp³-hybridized carbons (Fsp3) is 0.250. The fourth-order valence-corrected chi connectivity index (χ4v) is 5.69. The summed E-state index contributed by atoms with van der Waals surface area (Å²) in [5, 5.41) is 17.0. The first kappa shape index (κ1) is 13.6. The van der Waals surface area contributed by atoms with Crippen molar-refractivity contribution in [2.75, 3.05) is 5.01 Å². The van der Waals surface area contributed by atoms with Crippen molar-refractivity contribution in [2.24, 2.45) is 0 Å². The van der Waals surface area contributed by atoms with Gasteiger partial charge >= 0.3 is 0 Å². The number of para-hydroxylation sites is 1. The summed E-state index contributed by atoms with van der Waals surface area (Å²) in [5.41, 5.74) is 3.77. The number of H-pyrrole nitrogens is 1. The number of thioether (sulfide) groups is 2.